The summed E-state index contributed by atoms with van der Waals surface area (Å²) in [6.07, 6.45) is 1.82. The van der Waals surface area contributed by atoms with E-state index >= 15 is 0 Å². The molecule has 27 heavy (non-hydrogen) atoms. The third-order valence-corrected chi connectivity index (χ3v) is 5.67. The van der Waals surface area contributed by atoms with E-state index in [1.165, 1.54) is 23.1 Å². The van der Waals surface area contributed by atoms with Crippen LogP contribution in [0.1, 0.15) is 5.56 Å². The number of thioether (sulfide) groups is 1. The highest BCUT2D eigenvalue weighted by molar-refractivity contribution is 8.18. The Kier molecular flexibility index (Phi) is 4.83. The van der Waals surface area contributed by atoms with Gasteiger partial charge in [0, 0.05) is 0 Å². The molecule has 1 amide bonds. The van der Waals surface area contributed by atoms with Crippen LogP contribution in [0.5, 0.6) is 11.5 Å². The molecule has 0 atom stereocenters. The molecule has 6 nitrogen and oxygen atoms in total. The first-order valence-corrected chi connectivity index (χ1v) is 9.66. The molecule has 1 aliphatic rings. The number of amides is 1. The third-order valence-electron chi connectivity index (χ3n) is 3.85. The molecule has 1 N–H and O–H groups in total. The second kappa shape index (κ2) is 7.42. The van der Waals surface area contributed by atoms with Gasteiger partial charge in [0.25, 0.3) is 5.91 Å². The summed E-state index contributed by atoms with van der Waals surface area (Å²) >= 11 is 2.74. The van der Waals surface area contributed by atoms with E-state index in [-0.39, 0.29) is 5.91 Å². The molecule has 4 rings (SSSR count). The topological polar surface area (TPSA) is 72.8 Å². The lowest BCUT2D eigenvalue weighted by molar-refractivity contribution is -0.115. The largest absolute Gasteiger partial charge is 0.497 e. The summed E-state index contributed by atoms with van der Waals surface area (Å²) in [5.74, 6) is 1.38. The maximum Gasteiger partial charge on any atom is 0.264 e. The van der Waals surface area contributed by atoms with Gasteiger partial charge in [-0.15, -0.1) is 0 Å². The number of aliphatic imine (C=N–C) groups is 1. The van der Waals surface area contributed by atoms with Crippen molar-refractivity contribution in [3.8, 4) is 11.5 Å². The molecule has 0 bridgehead atoms. The lowest BCUT2D eigenvalue weighted by Gasteiger charge is -1.99. The summed E-state index contributed by atoms with van der Waals surface area (Å²) in [7, 11) is 3.25. The highest BCUT2D eigenvalue weighted by atomic mass is 32.2. The lowest BCUT2D eigenvalue weighted by Crippen LogP contribution is -2.19. The Bertz CT molecular complexity index is 1070. The van der Waals surface area contributed by atoms with Crippen LogP contribution in [-0.2, 0) is 4.79 Å². The number of benzene rings is 2. The van der Waals surface area contributed by atoms with Gasteiger partial charge in [-0.25, -0.2) is 4.98 Å². The van der Waals surface area contributed by atoms with Gasteiger partial charge in [0.15, 0.2) is 5.17 Å². The number of rotatable bonds is 4. The summed E-state index contributed by atoms with van der Waals surface area (Å²) < 4.78 is 11.4. The summed E-state index contributed by atoms with van der Waals surface area (Å²) in [5, 5.41) is 3.89. The minimum atomic E-state index is -0.169. The number of methoxy groups -OCH3 is 2. The van der Waals surface area contributed by atoms with Gasteiger partial charge in [0.1, 0.15) is 11.5 Å². The predicted octanol–water partition coefficient (Wildman–Crippen LogP) is 4.21. The van der Waals surface area contributed by atoms with Gasteiger partial charge in [-0.05, 0) is 53.7 Å². The van der Waals surface area contributed by atoms with E-state index in [9.17, 15) is 4.79 Å². The Balaban J connectivity index is 1.56. The van der Waals surface area contributed by atoms with Crippen molar-refractivity contribution in [1.29, 1.82) is 0 Å². The van der Waals surface area contributed by atoms with E-state index in [2.05, 4.69) is 15.3 Å². The fourth-order valence-corrected chi connectivity index (χ4v) is 4.24. The lowest BCUT2D eigenvalue weighted by atomic mass is 10.2. The first kappa shape index (κ1) is 17.6. The minimum Gasteiger partial charge on any atom is -0.497 e. The summed E-state index contributed by atoms with van der Waals surface area (Å²) in [5.41, 5.74) is 1.77. The molecule has 1 aromatic heterocycles. The Morgan fingerprint density at radius 2 is 1.81 bits per heavy atom. The molecule has 1 aliphatic heterocycles. The smallest absolute Gasteiger partial charge is 0.264 e. The standard InChI is InChI=1S/C19H15N3O3S2/c1-24-12-5-3-11(4-6-12)9-16-17(23)21-19(27-16)22-18-20-14-8-7-13(25-2)10-15(14)26-18/h3-10H,1-2H3,(H,20,21,22,23)/b16-9-. The van der Waals surface area contributed by atoms with Crippen molar-refractivity contribution in [3.05, 3.63) is 52.9 Å². The average molecular weight is 397 g/mol. The van der Waals surface area contributed by atoms with E-state index < -0.39 is 0 Å². The maximum absolute atomic E-state index is 12.2. The highest BCUT2D eigenvalue weighted by Crippen LogP contribution is 2.33. The number of aromatic nitrogens is 1. The van der Waals surface area contributed by atoms with Crippen LogP contribution in [0.2, 0.25) is 0 Å². The van der Waals surface area contributed by atoms with Crippen molar-refractivity contribution < 1.29 is 14.3 Å². The summed E-state index contributed by atoms with van der Waals surface area (Å²) in [6.45, 7) is 0. The second-order valence-corrected chi connectivity index (χ2v) is 7.62. The van der Waals surface area contributed by atoms with Crippen LogP contribution in [0.25, 0.3) is 16.3 Å². The molecule has 0 unspecified atom stereocenters. The van der Waals surface area contributed by atoms with Crippen LogP contribution in [0.3, 0.4) is 0 Å². The predicted molar refractivity (Wildman–Crippen MR) is 110 cm³/mol. The summed E-state index contributed by atoms with van der Waals surface area (Å²) in [6, 6.07) is 13.2. The molecule has 0 aliphatic carbocycles. The van der Waals surface area contributed by atoms with E-state index in [0.717, 1.165) is 27.3 Å². The van der Waals surface area contributed by atoms with E-state index in [4.69, 9.17) is 9.47 Å². The van der Waals surface area contributed by atoms with Gasteiger partial charge in [0.2, 0.25) is 5.13 Å². The van der Waals surface area contributed by atoms with Crippen molar-refractivity contribution in [1.82, 2.24) is 10.3 Å². The van der Waals surface area contributed by atoms with Gasteiger partial charge in [0.05, 0.1) is 29.3 Å². The van der Waals surface area contributed by atoms with Crippen LogP contribution in [0.4, 0.5) is 5.13 Å². The maximum atomic E-state index is 12.2. The first-order valence-electron chi connectivity index (χ1n) is 8.03. The Hall–Kier alpha value is -2.84. The van der Waals surface area contributed by atoms with E-state index in [1.54, 1.807) is 14.2 Å². The molecule has 1 fully saturated rings. The van der Waals surface area contributed by atoms with Gasteiger partial charge in [-0.3, -0.25) is 4.79 Å². The molecule has 8 heteroatoms. The number of carbonyl (C=O) groups is 1. The second-order valence-electron chi connectivity index (χ2n) is 5.58. The molecular formula is C19H15N3O3S2. The highest BCUT2D eigenvalue weighted by Gasteiger charge is 2.24. The average Bonchev–Trinajstić information content (AvgIpc) is 3.24. The minimum absolute atomic E-state index is 0.169. The number of nitrogens with one attached hydrogen (secondary N) is 1. The van der Waals surface area contributed by atoms with Crippen molar-refractivity contribution in [2.75, 3.05) is 14.2 Å². The SMILES string of the molecule is COc1ccc(/C=C2\SC(=Nc3nc4ccc(OC)cc4s3)NC2=O)cc1. The molecule has 2 aromatic carbocycles. The van der Waals surface area contributed by atoms with Crippen molar-refractivity contribution in [3.63, 3.8) is 0 Å². The quantitative estimate of drug-likeness (QED) is 0.668. The molecular weight excluding hydrogens is 382 g/mol. The van der Waals surface area contributed by atoms with Gasteiger partial charge in [-0.2, -0.15) is 4.99 Å². The Morgan fingerprint density at radius 3 is 2.56 bits per heavy atom. The zero-order valence-corrected chi connectivity index (χ0v) is 16.2. The number of carbonyl (C=O) groups excluding carboxylic acids is 1. The normalized spacial score (nSPS) is 16.9. The van der Waals surface area contributed by atoms with Crippen molar-refractivity contribution in [2.24, 2.45) is 4.99 Å². The number of fused-ring (bicyclic) bond motifs is 1. The van der Waals surface area contributed by atoms with Crippen molar-refractivity contribution >= 4 is 55.6 Å². The zero-order chi connectivity index (χ0) is 18.8. The molecule has 3 aromatic rings. The number of ether oxygens (including phenoxy) is 2. The van der Waals surface area contributed by atoms with Crippen LogP contribution >= 0.6 is 23.1 Å². The van der Waals surface area contributed by atoms with Gasteiger partial charge in [-0.1, -0.05) is 23.5 Å². The molecule has 0 spiro atoms. The van der Waals surface area contributed by atoms with Crippen LogP contribution in [0.15, 0.2) is 52.4 Å². The van der Waals surface area contributed by atoms with Crippen LogP contribution < -0.4 is 14.8 Å². The van der Waals surface area contributed by atoms with E-state index in [0.29, 0.717) is 15.2 Å². The fraction of sp³-hybridized carbons (Fsp3) is 0.105. The third kappa shape index (κ3) is 3.81. The molecule has 1 saturated heterocycles. The van der Waals surface area contributed by atoms with Crippen molar-refractivity contribution in [2.45, 2.75) is 0 Å². The molecule has 136 valence electrons. The van der Waals surface area contributed by atoms with Crippen LogP contribution in [-0.4, -0.2) is 30.3 Å². The first-order chi connectivity index (χ1) is 13.1. The van der Waals surface area contributed by atoms with Gasteiger partial charge >= 0.3 is 0 Å². The number of hydrogen-bond acceptors (Lipinski definition) is 7. The monoisotopic (exact) mass is 397 g/mol. The number of hydrogen-bond donors (Lipinski definition) is 1. The van der Waals surface area contributed by atoms with E-state index in [1.807, 2.05) is 48.5 Å². The Morgan fingerprint density at radius 1 is 1.07 bits per heavy atom. The fourth-order valence-electron chi connectivity index (χ4n) is 2.49. The Labute approximate surface area is 163 Å². The number of amidine groups is 1. The number of thiazole rings is 1. The van der Waals surface area contributed by atoms with Crippen LogP contribution in [0, 0.1) is 0 Å². The molecule has 0 saturated carbocycles. The zero-order valence-electron chi connectivity index (χ0n) is 14.6. The molecule has 0 radical (unpaired) electrons. The molecule has 2 heterocycles. The van der Waals surface area contributed by atoms with Gasteiger partial charge < -0.3 is 14.8 Å². The summed E-state index contributed by atoms with van der Waals surface area (Å²) in [4.78, 5) is 21.8. The number of nitrogens with zero attached hydrogens (tertiary/aromatic N) is 2.